The third-order valence-corrected chi connectivity index (χ3v) is 5.64. The highest BCUT2D eigenvalue weighted by Gasteiger charge is 2.13. The third-order valence-electron chi connectivity index (χ3n) is 5.64. The number of aryl methyl sites for hydroxylation is 1. The minimum absolute atomic E-state index is 0.0407. The lowest BCUT2D eigenvalue weighted by molar-refractivity contribution is -0.129. The summed E-state index contributed by atoms with van der Waals surface area (Å²) in [5, 5.41) is 5.68. The highest BCUT2D eigenvalue weighted by molar-refractivity contribution is 5.94. The van der Waals surface area contributed by atoms with Gasteiger partial charge in [0.2, 0.25) is 5.91 Å². The smallest absolute Gasteiger partial charge is 0.252 e. The molecule has 0 heterocycles. The minimum Gasteiger partial charge on any atom is -0.392 e. The van der Waals surface area contributed by atoms with Gasteiger partial charge in [0.15, 0.2) is 5.78 Å². The molecule has 1 atom stereocenters. The van der Waals surface area contributed by atoms with Crippen molar-refractivity contribution >= 4 is 29.1 Å². The number of ether oxygens (including phenoxy) is 1. The van der Waals surface area contributed by atoms with Crippen molar-refractivity contribution in [3.05, 3.63) is 41.6 Å². The zero-order valence-corrected chi connectivity index (χ0v) is 21.1. The lowest BCUT2D eigenvalue weighted by atomic mass is 10.0. The van der Waals surface area contributed by atoms with Gasteiger partial charge in [0.25, 0.3) is 5.91 Å². The first kappa shape index (κ1) is 29.0. The highest BCUT2D eigenvalue weighted by Crippen LogP contribution is 2.16. The summed E-state index contributed by atoms with van der Waals surface area (Å²) in [6.45, 7) is 5.45. The van der Waals surface area contributed by atoms with E-state index in [0.29, 0.717) is 25.1 Å². The van der Waals surface area contributed by atoms with E-state index in [4.69, 9.17) is 4.74 Å². The zero-order valence-electron chi connectivity index (χ0n) is 21.1. The van der Waals surface area contributed by atoms with Crippen molar-refractivity contribution < 1.29 is 23.9 Å². The predicted molar refractivity (Wildman–Crippen MR) is 134 cm³/mol. The molecule has 1 unspecified atom stereocenters. The summed E-state index contributed by atoms with van der Waals surface area (Å²) in [4.78, 5) is 49.0. The number of hydrogen-bond donors (Lipinski definition) is 2. The van der Waals surface area contributed by atoms with Gasteiger partial charge in [-0.05, 0) is 56.9 Å². The molecule has 0 fully saturated rings. The molecule has 0 bridgehead atoms. The number of carbonyl (C=O) groups excluding carboxylic acids is 4. The Balaban J connectivity index is 2.36. The molecule has 8 heteroatoms. The number of nitrogens with zero attached hydrogens (tertiary/aromatic N) is 1. The number of likely N-dealkylation sites (N-methyl/N-ethyl adjacent to an activating group) is 1. The maximum Gasteiger partial charge on any atom is 0.252 e. The molecule has 0 aliphatic heterocycles. The second-order valence-corrected chi connectivity index (χ2v) is 8.52. The molecule has 0 aliphatic carbocycles. The van der Waals surface area contributed by atoms with Crippen LogP contribution >= 0.6 is 0 Å². The first-order chi connectivity index (χ1) is 16.1. The van der Waals surface area contributed by atoms with Gasteiger partial charge in [-0.1, -0.05) is 25.5 Å². The molecule has 34 heavy (non-hydrogen) atoms. The fourth-order valence-corrected chi connectivity index (χ4v) is 3.10. The first-order valence-corrected chi connectivity index (χ1v) is 11.7. The number of hydrogen-bond acceptors (Lipinski definition) is 6. The van der Waals surface area contributed by atoms with Gasteiger partial charge < -0.3 is 20.3 Å². The van der Waals surface area contributed by atoms with Crippen LogP contribution in [0.5, 0.6) is 0 Å². The van der Waals surface area contributed by atoms with Crippen molar-refractivity contribution in [1.29, 1.82) is 0 Å². The summed E-state index contributed by atoms with van der Waals surface area (Å²) in [5.74, 6) is -0.272. The average molecular weight is 474 g/mol. The number of rotatable bonds is 16. The van der Waals surface area contributed by atoms with E-state index in [1.165, 1.54) is 4.90 Å². The Morgan fingerprint density at radius 1 is 1.12 bits per heavy atom. The van der Waals surface area contributed by atoms with Crippen molar-refractivity contribution in [2.45, 2.75) is 52.9 Å². The van der Waals surface area contributed by atoms with Crippen LogP contribution in [0, 0.1) is 5.92 Å². The number of carbonyl (C=O) groups is 4. The molecule has 0 saturated heterocycles. The van der Waals surface area contributed by atoms with Gasteiger partial charge in [-0.2, -0.15) is 0 Å². The third kappa shape index (κ3) is 11.7. The fourth-order valence-electron chi connectivity index (χ4n) is 3.10. The molecule has 2 N–H and O–H groups in total. The molecule has 0 spiro atoms. The number of amides is 2. The van der Waals surface area contributed by atoms with Crippen molar-refractivity contribution in [3.63, 3.8) is 0 Å². The van der Waals surface area contributed by atoms with Crippen LogP contribution in [0.1, 0.15) is 52.0 Å². The molecule has 188 valence electrons. The number of allylic oxidation sites excluding steroid dienone is 2. The predicted octanol–water partition coefficient (Wildman–Crippen LogP) is 2.80. The van der Waals surface area contributed by atoms with Crippen LogP contribution in [0.2, 0.25) is 0 Å². The van der Waals surface area contributed by atoms with E-state index in [1.54, 1.807) is 27.1 Å². The van der Waals surface area contributed by atoms with Crippen LogP contribution in [-0.4, -0.2) is 57.2 Å². The van der Waals surface area contributed by atoms with Crippen molar-refractivity contribution in [3.8, 4) is 0 Å². The normalized spacial score (nSPS) is 12.1. The summed E-state index contributed by atoms with van der Waals surface area (Å²) >= 11 is 0. The standard InChI is InChI=1S/C26H39N3O5/c1-19(21(3)30)9-6-7-14-28-25(32)17-34-18-26(33)29(5)23-11-8-10-22(16-23)12-13-24(31)15-20(2)27-4/h8,10-11,15-16,19,27H,6-7,9,12-14,17-18H2,1-5H3,(H,28,32)/b20-15-. The molecular formula is C26H39N3O5. The Kier molecular flexibility index (Phi) is 13.5. The summed E-state index contributed by atoms with van der Waals surface area (Å²) < 4.78 is 5.28. The van der Waals surface area contributed by atoms with E-state index in [9.17, 15) is 19.2 Å². The Morgan fingerprint density at radius 2 is 1.85 bits per heavy atom. The molecule has 8 nitrogen and oxygen atoms in total. The fraction of sp³-hybridized carbons (Fsp3) is 0.538. The monoisotopic (exact) mass is 473 g/mol. The molecule has 0 aliphatic rings. The molecular weight excluding hydrogens is 434 g/mol. The molecule has 0 radical (unpaired) electrons. The van der Waals surface area contributed by atoms with Gasteiger partial charge in [-0.25, -0.2) is 0 Å². The van der Waals surface area contributed by atoms with Crippen LogP contribution < -0.4 is 15.5 Å². The summed E-state index contributed by atoms with van der Waals surface area (Å²) in [6, 6.07) is 7.46. The Hall–Kier alpha value is -3.00. The second kappa shape index (κ2) is 15.8. The number of ketones is 2. The van der Waals surface area contributed by atoms with Crippen molar-refractivity contribution in [2.75, 3.05) is 38.8 Å². The quantitative estimate of drug-likeness (QED) is 0.283. The van der Waals surface area contributed by atoms with Gasteiger partial charge in [0.1, 0.15) is 19.0 Å². The molecule has 2 amide bonds. The molecule has 0 saturated carbocycles. The van der Waals surface area contributed by atoms with Crippen LogP contribution in [-0.2, 0) is 30.3 Å². The molecule has 1 aromatic rings. The van der Waals surface area contributed by atoms with Gasteiger partial charge >= 0.3 is 0 Å². The lowest BCUT2D eigenvalue weighted by Crippen LogP contribution is -2.33. The van der Waals surface area contributed by atoms with Crippen molar-refractivity contribution in [1.82, 2.24) is 10.6 Å². The second-order valence-electron chi connectivity index (χ2n) is 8.52. The van der Waals surface area contributed by atoms with E-state index in [1.807, 2.05) is 38.1 Å². The van der Waals surface area contributed by atoms with Gasteiger partial charge in [-0.3, -0.25) is 19.2 Å². The number of Topliss-reactive ketones (excluding diaryl/α,β-unsaturated/α-hetero) is 1. The van der Waals surface area contributed by atoms with Gasteiger partial charge in [0, 0.05) is 44.4 Å². The van der Waals surface area contributed by atoms with Crippen LogP contribution in [0.4, 0.5) is 5.69 Å². The average Bonchev–Trinajstić information content (AvgIpc) is 2.81. The highest BCUT2D eigenvalue weighted by atomic mass is 16.5. The molecule has 0 aromatic heterocycles. The van der Waals surface area contributed by atoms with Gasteiger partial charge in [0.05, 0.1) is 0 Å². The van der Waals surface area contributed by atoms with Crippen molar-refractivity contribution in [2.24, 2.45) is 5.92 Å². The summed E-state index contributed by atoms with van der Waals surface area (Å²) in [5.41, 5.74) is 2.47. The van der Waals surface area contributed by atoms with Crippen LogP contribution in [0.15, 0.2) is 36.0 Å². The first-order valence-electron chi connectivity index (χ1n) is 11.7. The summed E-state index contributed by atoms with van der Waals surface area (Å²) in [7, 11) is 3.42. The maximum atomic E-state index is 12.4. The number of nitrogens with one attached hydrogen (secondary N) is 2. The SMILES string of the molecule is CN/C(C)=C\C(=O)CCc1cccc(N(C)C(=O)COCC(=O)NCCCCC(C)C(C)=O)c1. The Morgan fingerprint density at radius 3 is 2.53 bits per heavy atom. The molecule has 1 rings (SSSR count). The van der Waals surface area contributed by atoms with Crippen LogP contribution in [0.25, 0.3) is 0 Å². The zero-order chi connectivity index (χ0) is 25.5. The van der Waals surface area contributed by atoms with E-state index in [-0.39, 0.29) is 42.5 Å². The van der Waals surface area contributed by atoms with E-state index >= 15 is 0 Å². The van der Waals surface area contributed by atoms with Crippen LogP contribution in [0.3, 0.4) is 0 Å². The lowest BCUT2D eigenvalue weighted by Gasteiger charge is -2.18. The van der Waals surface area contributed by atoms with E-state index in [2.05, 4.69) is 10.6 Å². The summed E-state index contributed by atoms with van der Waals surface area (Å²) in [6.07, 6.45) is 5.01. The maximum absolute atomic E-state index is 12.4. The van der Waals surface area contributed by atoms with E-state index < -0.39 is 0 Å². The topological polar surface area (TPSA) is 105 Å². The largest absolute Gasteiger partial charge is 0.392 e. The van der Waals surface area contributed by atoms with E-state index in [0.717, 1.165) is 30.5 Å². The Bertz CT molecular complexity index is 866. The molecule has 1 aromatic carbocycles. The Labute approximate surface area is 203 Å². The minimum atomic E-state index is -0.274. The number of unbranched alkanes of at least 4 members (excludes halogenated alkanes) is 1. The van der Waals surface area contributed by atoms with Gasteiger partial charge in [-0.15, -0.1) is 0 Å². The number of anilines is 1. The number of benzene rings is 1.